The molecule has 0 unspecified atom stereocenters. The lowest BCUT2D eigenvalue weighted by Gasteiger charge is -2.36. The normalized spacial score (nSPS) is 25.5. The van der Waals surface area contributed by atoms with E-state index in [0.29, 0.717) is 69.9 Å². The molecule has 0 aliphatic carbocycles. The average molecular weight is 1890 g/mol. The van der Waals surface area contributed by atoms with E-state index < -0.39 is 241 Å². The first-order valence-electron chi connectivity index (χ1n) is 45.9. The van der Waals surface area contributed by atoms with Crippen LogP contribution in [0, 0.1) is 5.92 Å². The van der Waals surface area contributed by atoms with E-state index in [1.54, 1.807) is 62.6 Å². The summed E-state index contributed by atoms with van der Waals surface area (Å²) in [4.78, 5) is 284. The number of amides is 18. The van der Waals surface area contributed by atoms with Gasteiger partial charge in [0.2, 0.25) is 106 Å². The van der Waals surface area contributed by atoms with E-state index >= 15 is 43.2 Å². The molecule has 0 spiro atoms. The van der Waals surface area contributed by atoms with E-state index in [4.69, 9.17) is 11.5 Å². The van der Waals surface area contributed by atoms with Crippen LogP contribution in [0.4, 0.5) is 0 Å². The molecule has 7 heterocycles. The monoisotopic (exact) mass is 1890 g/mol. The smallest absolute Gasteiger partial charge is 0.246 e. The highest BCUT2D eigenvalue weighted by molar-refractivity contribution is 8.00. The van der Waals surface area contributed by atoms with Crippen LogP contribution >= 0.6 is 11.8 Å². The number of aromatic hydroxyl groups is 1. The SMILES string of the molecule is CCCC[C@H]1C(=O)N(C)[C@@H](CCCC)C(=O)N[C@H]2CCC(=O)NCCCC[C@H](NC(=O)[C@H](Cc3c[nH]c4ccccc34)NC(=O)[C@@H]3C[C@@H](O)CN3C(=O)[C@H](CC(C)C)NC(=O)[C@H](Cc3cnc[nH]3)NC(=O)[C@@H]3CCCN3C(=O)[C@H](CC(N)=O)NC(=O)[C@@H](C)NC(=O)[C@H](Cc3ccc(O)cc3)NC(=O)CSC[C@@H](C(=O)NCC(N)=O)NC2=O)C(=O)N[C@@H](Cc2c[nH]c3ccccc23)C(=O)N1C. The van der Waals surface area contributed by atoms with Gasteiger partial charge in [0.15, 0.2) is 0 Å². The standard InChI is InChI=1S/C92H126N22O20S/c1-8-10-24-71-86(128)104-63-31-32-77(119)96-33-17-16-23-62(81(123)109-68(38-54-43-98-61-22-15-13-20-59(54)61)89(131)112(7)73(25-11-9-2)92(134)111(71)6)103-84(126)65(37-53-42-97-60-21-14-12-19-58(53)60)105-88(130)74-40-57(116)46-114(74)91(133)67(35-50(3)4)108-85(127)66(39-55-44-95-49-100-55)106-87(129)72-26-18-34-113(72)90(132)69(41-75(93)117)107-79(121)51(5)101-83(125)64(36-52-27-29-56(115)30-28-52)102-78(120)48-135-47-70(110-82(63)124)80(122)99-45-76(94)118/h12-15,19-22,27-30,42-44,49-51,57,62-74,97-98,115-116H,8-11,16-18,23-26,31-41,45-48H2,1-7H3,(H2,93,117)(H2,94,118)(H,95,100)(H,96,119)(H,99,122)(H,101,125)(H,102,120)(H,103,126)(H,104,128)(H,105,130)(H,106,129)(H,107,121)(H,108,127)(H,109,123)(H,110,124)/t51-,57-,62+,63+,64+,65+,66+,67+,68+,69+,70+,71+,72+,73+,74+/m1/s1. The van der Waals surface area contributed by atoms with Crippen LogP contribution in [0.5, 0.6) is 5.75 Å². The second-order valence-corrected chi connectivity index (χ2v) is 36.3. The molecule has 0 radical (unpaired) electrons. The molecule has 43 heteroatoms. The van der Waals surface area contributed by atoms with E-state index in [9.17, 15) is 53.4 Å². The molecule has 3 aromatic carbocycles. The predicted molar refractivity (Wildman–Crippen MR) is 495 cm³/mol. The van der Waals surface area contributed by atoms with Gasteiger partial charge < -0.3 is 120 Å². The highest BCUT2D eigenvalue weighted by atomic mass is 32.2. The lowest BCUT2D eigenvalue weighted by Crippen LogP contribution is -2.61. The number of aliphatic hydroxyl groups excluding tert-OH is 1. The zero-order chi connectivity index (χ0) is 97.9. The first kappa shape index (κ1) is 104. The number of rotatable bonds is 21. The number of phenols is 1. The number of likely N-dealkylation sites (N-methyl/N-ethyl adjacent to an activating group) is 2. The summed E-state index contributed by atoms with van der Waals surface area (Å²) < 4.78 is 0. The van der Waals surface area contributed by atoms with Gasteiger partial charge in [-0.25, -0.2) is 4.98 Å². The molecule has 6 aromatic rings. The fourth-order valence-corrected chi connectivity index (χ4v) is 18.0. The van der Waals surface area contributed by atoms with Crippen molar-refractivity contribution in [3.63, 3.8) is 0 Å². The van der Waals surface area contributed by atoms with Crippen LogP contribution in [0.15, 0.2) is 97.7 Å². The number of nitrogens with zero attached hydrogens (tertiary/aromatic N) is 5. The molecule has 10 rings (SSSR count). The molecule has 135 heavy (non-hydrogen) atoms. The predicted octanol–water partition coefficient (Wildman–Crippen LogP) is -1.45. The molecule has 42 nitrogen and oxygen atoms in total. The maximum Gasteiger partial charge on any atom is 0.246 e. The average Bonchev–Trinajstić information content (AvgIpc) is 1.62. The van der Waals surface area contributed by atoms with E-state index in [1.165, 1.54) is 62.7 Å². The number of para-hydroxylation sites is 2. The van der Waals surface area contributed by atoms with Gasteiger partial charge >= 0.3 is 0 Å². The maximum atomic E-state index is 15.9. The Hall–Kier alpha value is -13.5. The van der Waals surface area contributed by atoms with Gasteiger partial charge in [-0.2, -0.15) is 0 Å². The van der Waals surface area contributed by atoms with E-state index in [1.807, 2.05) is 26.0 Å². The van der Waals surface area contributed by atoms with E-state index in [-0.39, 0.29) is 108 Å². The minimum Gasteiger partial charge on any atom is -0.508 e. The number of imidazole rings is 1. The third-order valence-electron chi connectivity index (χ3n) is 24.5. The largest absolute Gasteiger partial charge is 0.508 e. The third-order valence-corrected chi connectivity index (χ3v) is 25.6. The number of aromatic amines is 3. The molecule has 4 fully saturated rings. The van der Waals surface area contributed by atoms with Gasteiger partial charge in [-0.15, -0.1) is 11.8 Å². The first-order chi connectivity index (χ1) is 64.5. The Balaban J connectivity index is 1.06. The third kappa shape index (κ3) is 29.0. The van der Waals surface area contributed by atoms with Gasteiger partial charge in [-0.3, -0.25) is 86.3 Å². The summed E-state index contributed by atoms with van der Waals surface area (Å²) in [5.41, 5.74) is 14.3. The van der Waals surface area contributed by atoms with Crippen molar-refractivity contribution in [3.8, 4) is 5.75 Å². The molecule has 15 atom stereocenters. The van der Waals surface area contributed by atoms with Crippen LogP contribution in [-0.4, -0.2) is 299 Å². The fourth-order valence-electron chi connectivity index (χ4n) is 17.2. The van der Waals surface area contributed by atoms with Gasteiger partial charge in [0.25, 0.3) is 0 Å². The number of thioether (sulfide) groups is 1. The Labute approximate surface area is 784 Å². The molecule has 4 aliphatic rings. The van der Waals surface area contributed by atoms with Crippen LogP contribution in [0.2, 0.25) is 0 Å². The minimum absolute atomic E-state index is 0.00938. The Kier molecular flexibility index (Phi) is 38.0. The number of phenolic OH excluding ortho intramolecular Hbond substituents is 1. The number of fused-ring (bicyclic) bond motifs is 13. The van der Waals surface area contributed by atoms with Crippen LogP contribution < -0.4 is 75.3 Å². The Morgan fingerprint density at radius 3 is 1.74 bits per heavy atom. The summed E-state index contributed by atoms with van der Waals surface area (Å²) in [6.45, 7) is 7.04. The molecule has 2 bridgehead atoms. The number of aliphatic hydroxyl groups is 1. The number of primary amides is 2. The number of nitrogens with one attached hydrogen (secondary N) is 15. The van der Waals surface area contributed by atoms with Crippen LogP contribution in [0.25, 0.3) is 21.8 Å². The van der Waals surface area contributed by atoms with Crippen molar-refractivity contribution in [1.29, 1.82) is 0 Å². The lowest BCUT2D eigenvalue weighted by molar-refractivity contribution is -0.149. The van der Waals surface area contributed by atoms with Gasteiger partial charge in [0.05, 0.1) is 31.1 Å². The van der Waals surface area contributed by atoms with E-state index in [0.717, 1.165) is 26.5 Å². The summed E-state index contributed by atoms with van der Waals surface area (Å²) >= 11 is 0.744. The molecule has 4 aliphatic heterocycles. The summed E-state index contributed by atoms with van der Waals surface area (Å²) in [6, 6.07) is -1.78. The van der Waals surface area contributed by atoms with E-state index in [2.05, 4.69) is 83.7 Å². The van der Waals surface area contributed by atoms with Gasteiger partial charge in [-0.05, 0) is 112 Å². The van der Waals surface area contributed by atoms with Gasteiger partial charge in [0, 0.05) is 124 Å². The Morgan fingerprint density at radius 1 is 0.541 bits per heavy atom. The van der Waals surface area contributed by atoms with Crippen molar-refractivity contribution in [1.82, 2.24) is 103 Å². The number of hydrogen-bond acceptors (Lipinski definition) is 22. The lowest BCUT2D eigenvalue weighted by atomic mass is 9.99. The van der Waals surface area contributed by atoms with Crippen molar-refractivity contribution in [3.05, 3.63) is 120 Å². The van der Waals surface area contributed by atoms with Crippen molar-refractivity contribution in [2.75, 3.05) is 51.8 Å². The zero-order valence-corrected chi connectivity index (χ0v) is 77.7. The number of nitrogens with two attached hydrogens (primary N) is 2. The number of benzene rings is 3. The van der Waals surface area contributed by atoms with Crippen molar-refractivity contribution in [2.24, 2.45) is 17.4 Å². The highest BCUT2D eigenvalue weighted by Crippen LogP contribution is 2.28. The van der Waals surface area contributed by atoms with Gasteiger partial charge in [0.1, 0.15) is 90.3 Å². The van der Waals surface area contributed by atoms with Crippen molar-refractivity contribution < 1.29 is 96.5 Å². The summed E-state index contributed by atoms with van der Waals surface area (Å²) in [5, 5.41) is 55.4. The van der Waals surface area contributed by atoms with Crippen LogP contribution in [-0.2, 0) is 112 Å². The second kappa shape index (κ2) is 49.5. The Bertz CT molecular complexity index is 5240. The first-order valence-corrected chi connectivity index (χ1v) is 47.0. The molecule has 0 saturated carbocycles. The molecule has 18 amide bonds. The zero-order valence-electron chi connectivity index (χ0n) is 76.9. The van der Waals surface area contributed by atoms with Crippen LogP contribution in [0.3, 0.4) is 0 Å². The second-order valence-electron chi connectivity index (χ2n) is 35.3. The number of unbranched alkanes of at least 4 members (excludes halogenated alkanes) is 2. The number of H-pyrrole nitrogens is 3. The van der Waals surface area contributed by atoms with Crippen molar-refractivity contribution >= 4 is 140 Å². The molecular formula is C92H126N22O20S. The number of carbonyl (C=O) groups is 18. The molecule has 3 aromatic heterocycles. The molecular weight excluding hydrogens is 1770 g/mol. The van der Waals surface area contributed by atoms with Crippen molar-refractivity contribution in [2.45, 2.75) is 254 Å². The topological polar surface area (TPSA) is 617 Å². The summed E-state index contributed by atoms with van der Waals surface area (Å²) in [6.07, 6.45) is 3.19. The molecule has 730 valence electrons. The van der Waals surface area contributed by atoms with Gasteiger partial charge in [-0.1, -0.05) is 102 Å². The Morgan fingerprint density at radius 2 is 1.10 bits per heavy atom. The summed E-state index contributed by atoms with van der Waals surface area (Å²) in [5.74, 6) is -18.1. The number of carbonyl (C=O) groups excluding carboxylic acids is 18. The quantitative estimate of drug-likeness (QED) is 0.0392. The van der Waals surface area contributed by atoms with Crippen LogP contribution in [0.1, 0.15) is 160 Å². The molecule has 4 saturated heterocycles. The summed E-state index contributed by atoms with van der Waals surface area (Å²) in [7, 11) is 2.75. The maximum absolute atomic E-state index is 15.9. The number of hydrogen-bond donors (Lipinski definition) is 19. The highest BCUT2D eigenvalue weighted by Gasteiger charge is 2.47. The molecule has 21 N–H and O–H groups in total. The fraction of sp³-hybridized carbons (Fsp3) is 0.533. The number of aromatic nitrogens is 4. The minimum atomic E-state index is -1.78.